The molecule has 4 nitrogen and oxygen atoms in total. The normalized spacial score (nSPS) is 11.4. The molecule has 1 aromatic rings. The molecule has 0 spiro atoms. The molecular formula is C13H21NO3S. The molecule has 0 saturated carbocycles. The molecule has 0 atom stereocenters. The minimum Gasteiger partial charge on any atom is -0.494 e. The molecule has 1 rings (SSSR count). The maximum absolute atomic E-state index is 11.4. The molecule has 0 fully saturated rings. The number of hydrogen-bond acceptors (Lipinski definition) is 4. The first-order chi connectivity index (χ1) is 8.54. The first-order valence-corrected chi connectivity index (χ1v) is 8.06. The van der Waals surface area contributed by atoms with E-state index in [1.165, 1.54) is 6.26 Å². The van der Waals surface area contributed by atoms with E-state index in [9.17, 15) is 8.42 Å². The highest BCUT2D eigenvalue weighted by Gasteiger charge is 2.07. The van der Waals surface area contributed by atoms with Crippen molar-refractivity contribution in [2.75, 3.05) is 19.4 Å². The third-order valence-corrected chi connectivity index (χ3v) is 3.71. The number of nitrogens with two attached hydrogens (primary N) is 1. The van der Waals surface area contributed by atoms with Crippen LogP contribution in [0.5, 0.6) is 5.75 Å². The second kappa shape index (κ2) is 7.38. The van der Waals surface area contributed by atoms with E-state index in [1.54, 1.807) is 24.3 Å². The minimum absolute atomic E-state index is 0.295. The molecular weight excluding hydrogens is 250 g/mol. The Labute approximate surface area is 109 Å². The lowest BCUT2D eigenvalue weighted by atomic mass is 10.2. The summed E-state index contributed by atoms with van der Waals surface area (Å²) in [6.45, 7) is 1.34. The molecule has 102 valence electrons. The van der Waals surface area contributed by atoms with Crippen molar-refractivity contribution in [3.63, 3.8) is 0 Å². The molecule has 0 unspecified atom stereocenters. The Kier molecular flexibility index (Phi) is 6.15. The first-order valence-electron chi connectivity index (χ1n) is 6.17. The van der Waals surface area contributed by atoms with Gasteiger partial charge in [-0.1, -0.05) is 18.9 Å². The van der Waals surface area contributed by atoms with Crippen LogP contribution in [0.2, 0.25) is 0 Å². The van der Waals surface area contributed by atoms with Gasteiger partial charge in [0.1, 0.15) is 5.75 Å². The van der Waals surface area contributed by atoms with Gasteiger partial charge < -0.3 is 10.5 Å². The Morgan fingerprint density at radius 3 is 2.56 bits per heavy atom. The first kappa shape index (κ1) is 15.0. The Bertz CT molecular complexity index is 457. The maximum atomic E-state index is 11.4. The Morgan fingerprint density at radius 2 is 1.89 bits per heavy atom. The van der Waals surface area contributed by atoms with Crippen LogP contribution < -0.4 is 10.5 Å². The van der Waals surface area contributed by atoms with Crippen LogP contribution in [-0.4, -0.2) is 27.8 Å². The van der Waals surface area contributed by atoms with Gasteiger partial charge in [-0.3, -0.25) is 0 Å². The number of unbranched alkanes of at least 4 members (excludes halogenated alkanes) is 3. The fourth-order valence-corrected chi connectivity index (χ4v) is 2.24. The van der Waals surface area contributed by atoms with E-state index in [-0.39, 0.29) is 0 Å². The number of hydrogen-bond donors (Lipinski definition) is 1. The van der Waals surface area contributed by atoms with Crippen molar-refractivity contribution in [2.24, 2.45) is 5.73 Å². The summed E-state index contributed by atoms with van der Waals surface area (Å²) >= 11 is 0. The van der Waals surface area contributed by atoms with E-state index in [1.807, 2.05) is 0 Å². The second-order valence-electron chi connectivity index (χ2n) is 4.30. The lowest BCUT2D eigenvalue weighted by Crippen LogP contribution is -2.01. The zero-order valence-electron chi connectivity index (χ0n) is 10.8. The number of ether oxygens (including phenoxy) is 1. The summed E-state index contributed by atoms with van der Waals surface area (Å²) in [7, 11) is -3.16. The van der Waals surface area contributed by atoms with Crippen molar-refractivity contribution < 1.29 is 13.2 Å². The largest absolute Gasteiger partial charge is 0.494 e. The molecule has 0 heterocycles. The minimum atomic E-state index is -3.16. The zero-order chi connectivity index (χ0) is 13.4. The lowest BCUT2D eigenvalue weighted by Gasteiger charge is -2.07. The summed E-state index contributed by atoms with van der Waals surface area (Å²) in [5.41, 5.74) is 5.40. The molecule has 0 aliphatic carbocycles. The van der Waals surface area contributed by atoms with Gasteiger partial charge in [-0.15, -0.1) is 0 Å². The van der Waals surface area contributed by atoms with Gasteiger partial charge in [0.05, 0.1) is 11.5 Å². The van der Waals surface area contributed by atoms with Crippen LogP contribution in [0.1, 0.15) is 25.7 Å². The summed E-state index contributed by atoms with van der Waals surface area (Å²) in [5, 5.41) is 0. The van der Waals surface area contributed by atoms with Gasteiger partial charge in [-0.25, -0.2) is 8.42 Å². The van der Waals surface area contributed by atoms with Gasteiger partial charge in [0, 0.05) is 6.26 Å². The maximum Gasteiger partial charge on any atom is 0.175 e. The van der Waals surface area contributed by atoms with Gasteiger partial charge in [0.15, 0.2) is 9.84 Å². The molecule has 0 aliphatic rings. The fraction of sp³-hybridized carbons (Fsp3) is 0.538. The van der Waals surface area contributed by atoms with Gasteiger partial charge in [0.25, 0.3) is 0 Å². The van der Waals surface area contributed by atoms with Gasteiger partial charge in [-0.2, -0.15) is 0 Å². The molecule has 5 heteroatoms. The van der Waals surface area contributed by atoms with Gasteiger partial charge >= 0.3 is 0 Å². The summed E-state index contributed by atoms with van der Waals surface area (Å²) in [6, 6.07) is 6.60. The SMILES string of the molecule is CS(=O)(=O)c1cccc(OCCCCCCN)c1. The fourth-order valence-electron chi connectivity index (χ4n) is 1.58. The summed E-state index contributed by atoms with van der Waals surface area (Å²) in [4.78, 5) is 0.295. The molecule has 0 amide bonds. The van der Waals surface area contributed by atoms with Gasteiger partial charge in [-0.05, 0) is 37.6 Å². The molecule has 0 radical (unpaired) electrons. The van der Waals surface area contributed by atoms with E-state index in [2.05, 4.69) is 0 Å². The van der Waals surface area contributed by atoms with E-state index >= 15 is 0 Å². The predicted octanol–water partition coefficient (Wildman–Crippen LogP) is 1.99. The topological polar surface area (TPSA) is 69.4 Å². The average molecular weight is 271 g/mol. The molecule has 0 aliphatic heterocycles. The third kappa shape index (κ3) is 5.51. The third-order valence-electron chi connectivity index (χ3n) is 2.60. The number of sulfone groups is 1. The number of benzene rings is 1. The Hall–Kier alpha value is -1.07. The van der Waals surface area contributed by atoms with Crippen LogP contribution in [0.25, 0.3) is 0 Å². The van der Waals surface area contributed by atoms with Crippen LogP contribution >= 0.6 is 0 Å². The van der Waals surface area contributed by atoms with Crippen molar-refractivity contribution in [1.29, 1.82) is 0 Å². The van der Waals surface area contributed by atoms with Gasteiger partial charge in [0.2, 0.25) is 0 Å². The molecule has 0 saturated heterocycles. The van der Waals surface area contributed by atoms with Crippen LogP contribution in [0, 0.1) is 0 Å². The van der Waals surface area contributed by atoms with Crippen LogP contribution in [-0.2, 0) is 9.84 Å². The molecule has 18 heavy (non-hydrogen) atoms. The Morgan fingerprint density at radius 1 is 1.17 bits per heavy atom. The Balaban J connectivity index is 2.39. The molecule has 0 aromatic heterocycles. The van der Waals surface area contributed by atoms with Crippen LogP contribution in [0.4, 0.5) is 0 Å². The second-order valence-corrected chi connectivity index (χ2v) is 6.31. The standard InChI is InChI=1S/C13H21NO3S/c1-18(15,16)13-8-6-7-12(11-13)17-10-5-3-2-4-9-14/h6-8,11H,2-5,9-10,14H2,1H3. The van der Waals surface area contributed by atoms with E-state index < -0.39 is 9.84 Å². The summed E-state index contributed by atoms with van der Waals surface area (Å²) in [6.07, 6.45) is 5.40. The summed E-state index contributed by atoms with van der Waals surface area (Å²) < 4.78 is 28.3. The highest BCUT2D eigenvalue weighted by molar-refractivity contribution is 7.90. The zero-order valence-corrected chi connectivity index (χ0v) is 11.6. The lowest BCUT2D eigenvalue weighted by molar-refractivity contribution is 0.304. The number of rotatable bonds is 8. The molecule has 0 bridgehead atoms. The molecule has 1 aromatic carbocycles. The summed E-state index contributed by atoms with van der Waals surface area (Å²) in [5.74, 6) is 0.608. The van der Waals surface area contributed by atoms with Crippen molar-refractivity contribution in [1.82, 2.24) is 0 Å². The molecule has 2 N–H and O–H groups in total. The van der Waals surface area contributed by atoms with Crippen LogP contribution in [0.3, 0.4) is 0 Å². The van der Waals surface area contributed by atoms with Crippen molar-refractivity contribution in [2.45, 2.75) is 30.6 Å². The van der Waals surface area contributed by atoms with E-state index in [0.29, 0.717) is 17.3 Å². The smallest absolute Gasteiger partial charge is 0.175 e. The van der Waals surface area contributed by atoms with Crippen molar-refractivity contribution in [3.05, 3.63) is 24.3 Å². The van der Waals surface area contributed by atoms with Crippen molar-refractivity contribution >= 4 is 9.84 Å². The van der Waals surface area contributed by atoms with E-state index in [0.717, 1.165) is 32.2 Å². The predicted molar refractivity (Wildman–Crippen MR) is 72.6 cm³/mol. The van der Waals surface area contributed by atoms with Crippen LogP contribution in [0.15, 0.2) is 29.2 Å². The van der Waals surface area contributed by atoms with Crippen molar-refractivity contribution in [3.8, 4) is 5.75 Å². The van der Waals surface area contributed by atoms with E-state index in [4.69, 9.17) is 10.5 Å². The average Bonchev–Trinajstić information content (AvgIpc) is 2.33. The quantitative estimate of drug-likeness (QED) is 0.734. The monoisotopic (exact) mass is 271 g/mol. The highest BCUT2D eigenvalue weighted by Crippen LogP contribution is 2.17. The highest BCUT2D eigenvalue weighted by atomic mass is 32.2.